The molecular formula is C17H27IN4O. The molecule has 1 aromatic carbocycles. The minimum atomic E-state index is 0. The molecule has 128 valence electrons. The zero-order chi connectivity index (χ0) is 15.4. The predicted molar refractivity (Wildman–Crippen MR) is 106 cm³/mol. The predicted octanol–water partition coefficient (Wildman–Crippen LogP) is 2.04. The Hall–Kier alpha value is -1.02. The maximum atomic E-state index is 5.31. The first-order chi connectivity index (χ1) is 10.7. The molecular weight excluding hydrogens is 403 g/mol. The molecule has 2 saturated heterocycles. The van der Waals surface area contributed by atoms with E-state index in [9.17, 15) is 0 Å². The molecule has 0 saturated carbocycles. The summed E-state index contributed by atoms with van der Waals surface area (Å²) in [7, 11) is 1.87. The number of ether oxygens (including phenoxy) is 1. The lowest BCUT2D eigenvalue weighted by molar-refractivity contribution is -0.0972. The monoisotopic (exact) mass is 430 g/mol. The van der Waals surface area contributed by atoms with Gasteiger partial charge in [-0.25, -0.2) is 0 Å². The number of rotatable bonds is 3. The highest BCUT2D eigenvalue weighted by Crippen LogP contribution is 2.25. The van der Waals surface area contributed by atoms with E-state index < -0.39 is 0 Å². The summed E-state index contributed by atoms with van der Waals surface area (Å²) in [5.41, 5.74) is 1.58. The minimum absolute atomic E-state index is 0. The van der Waals surface area contributed by atoms with E-state index in [0.29, 0.717) is 0 Å². The fourth-order valence-electron chi connectivity index (χ4n) is 2.99. The van der Waals surface area contributed by atoms with Crippen LogP contribution >= 0.6 is 24.0 Å². The molecule has 3 rings (SSSR count). The molecule has 2 fully saturated rings. The summed E-state index contributed by atoms with van der Waals surface area (Å²) in [5.74, 6) is 1.01. The zero-order valence-electron chi connectivity index (χ0n) is 14.0. The van der Waals surface area contributed by atoms with E-state index in [2.05, 4.69) is 57.4 Å². The maximum absolute atomic E-state index is 5.31. The van der Waals surface area contributed by atoms with Crippen molar-refractivity contribution in [1.82, 2.24) is 10.2 Å². The van der Waals surface area contributed by atoms with Crippen LogP contribution in [0.25, 0.3) is 0 Å². The molecule has 0 spiro atoms. The quantitative estimate of drug-likeness (QED) is 0.453. The van der Waals surface area contributed by atoms with Gasteiger partial charge in [-0.05, 0) is 12.1 Å². The number of nitrogens with zero attached hydrogens (tertiary/aromatic N) is 3. The van der Waals surface area contributed by atoms with Crippen molar-refractivity contribution in [2.45, 2.75) is 6.92 Å². The summed E-state index contributed by atoms with van der Waals surface area (Å²) >= 11 is 0. The lowest BCUT2D eigenvalue weighted by Gasteiger charge is -2.41. The molecule has 0 atom stereocenters. The van der Waals surface area contributed by atoms with E-state index in [-0.39, 0.29) is 29.4 Å². The molecule has 2 heterocycles. The van der Waals surface area contributed by atoms with E-state index in [0.717, 1.165) is 51.9 Å². The van der Waals surface area contributed by atoms with Gasteiger partial charge in [0, 0.05) is 50.9 Å². The number of guanidine groups is 1. The Balaban J connectivity index is 0.00000192. The van der Waals surface area contributed by atoms with Crippen LogP contribution in [0.3, 0.4) is 0 Å². The second-order valence-electron chi connectivity index (χ2n) is 6.51. The van der Waals surface area contributed by atoms with Crippen molar-refractivity contribution >= 4 is 35.6 Å². The van der Waals surface area contributed by atoms with Crippen molar-refractivity contribution in [1.29, 1.82) is 0 Å². The number of piperazine rings is 1. The van der Waals surface area contributed by atoms with Gasteiger partial charge >= 0.3 is 0 Å². The molecule has 0 radical (unpaired) electrons. The van der Waals surface area contributed by atoms with Gasteiger partial charge in [0.05, 0.1) is 13.2 Å². The first-order valence-electron chi connectivity index (χ1n) is 8.04. The average Bonchev–Trinajstić information content (AvgIpc) is 2.55. The van der Waals surface area contributed by atoms with Gasteiger partial charge in [-0.15, -0.1) is 24.0 Å². The summed E-state index contributed by atoms with van der Waals surface area (Å²) in [6, 6.07) is 10.6. The fraction of sp³-hybridized carbons (Fsp3) is 0.588. The Morgan fingerprint density at radius 1 is 1.17 bits per heavy atom. The lowest BCUT2D eigenvalue weighted by Crippen LogP contribution is -2.56. The normalized spacial score (nSPS) is 20.5. The van der Waals surface area contributed by atoms with Crippen LogP contribution in [0.4, 0.5) is 5.69 Å². The number of hydrogen-bond donors (Lipinski definition) is 1. The van der Waals surface area contributed by atoms with Gasteiger partial charge in [0.15, 0.2) is 5.96 Å². The molecule has 6 heteroatoms. The third-order valence-electron chi connectivity index (χ3n) is 4.49. The second-order valence-corrected chi connectivity index (χ2v) is 6.51. The summed E-state index contributed by atoms with van der Waals surface area (Å²) in [5, 5.41) is 3.51. The van der Waals surface area contributed by atoms with Crippen LogP contribution in [-0.4, -0.2) is 63.8 Å². The Kier molecular flexibility index (Phi) is 6.52. The summed E-state index contributed by atoms with van der Waals surface area (Å²) in [6.45, 7) is 8.94. The van der Waals surface area contributed by atoms with Crippen molar-refractivity contribution in [3.8, 4) is 0 Å². The van der Waals surface area contributed by atoms with Crippen LogP contribution in [0.1, 0.15) is 6.92 Å². The number of aliphatic imine (C=N–C) groups is 1. The van der Waals surface area contributed by atoms with E-state index in [1.807, 2.05) is 7.05 Å². The smallest absolute Gasteiger partial charge is 0.193 e. The Morgan fingerprint density at radius 3 is 2.35 bits per heavy atom. The highest BCUT2D eigenvalue weighted by atomic mass is 127. The Labute approximate surface area is 156 Å². The van der Waals surface area contributed by atoms with Gasteiger partial charge in [0.2, 0.25) is 0 Å². The third kappa shape index (κ3) is 4.50. The Morgan fingerprint density at radius 2 is 1.83 bits per heavy atom. The summed E-state index contributed by atoms with van der Waals surface area (Å²) in [4.78, 5) is 9.23. The number of nitrogens with one attached hydrogen (secondary N) is 1. The van der Waals surface area contributed by atoms with Gasteiger partial charge in [0.25, 0.3) is 0 Å². The van der Waals surface area contributed by atoms with E-state index in [1.54, 1.807) is 0 Å². The fourth-order valence-corrected chi connectivity index (χ4v) is 2.99. The largest absolute Gasteiger partial charge is 0.380 e. The molecule has 5 nitrogen and oxygen atoms in total. The molecule has 0 aliphatic carbocycles. The molecule has 0 amide bonds. The van der Waals surface area contributed by atoms with Crippen LogP contribution in [0, 0.1) is 5.41 Å². The van der Waals surface area contributed by atoms with Gasteiger partial charge < -0.3 is 19.9 Å². The average molecular weight is 430 g/mol. The van der Waals surface area contributed by atoms with Gasteiger partial charge in [-0.3, -0.25) is 4.99 Å². The highest BCUT2D eigenvalue weighted by Gasteiger charge is 2.33. The van der Waals surface area contributed by atoms with Crippen molar-refractivity contribution < 1.29 is 4.74 Å². The maximum Gasteiger partial charge on any atom is 0.193 e. The zero-order valence-corrected chi connectivity index (χ0v) is 16.3. The number of hydrogen-bond acceptors (Lipinski definition) is 3. The van der Waals surface area contributed by atoms with Crippen LogP contribution in [0.15, 0.2) is 35.3 Å². The molecule has 0 aromatic heterocycles. The molecule has 1 N–H and O–H groups in total. The van der Waals surface area contributed by atoms with Crippen LogP contribution in [0.5, 0.6) is 0 Å². The van der Waals surface area contributed by atoms with E-state index >= 15 is 0 Å². The SMILES string of the molecule is CN=C(NCC1(C)COC1)N1CCN(c2ccccc2)CC1.I. The molecule has 0 bridgehead atoms. The standard InChI is InChI=1S/C17H26N4O.HI/c1-17(13-22-14-17)12-19-16(18-2)21-10-8-20(9-11-21)15-6-4-3-5-7-15;/h3-7H,8-14H2,1-2H3,(H,18,19);1H. The van der Waals surface area contributed by atoms with Crippen molar-refractivity contribution in [2.75, 3.05) is 57.9 Å². The molecule has 23 heavy (non-hydrogen) atoms. The molecule has 0 unspecified atom stereocenters. The molecule has 2 aliphatic rings. The van der Waals surface area contributed by atoms with Crippen molar-refractivity contribution in [3.05, 3.63) is 30.3 Å². The van der Waals surface area contributed by atoms with Crippen molar-refractivity contribution in [2.24, 2.45) is 10.4 Å². The first-order valence-corrected chi connectivity index (χ1v) is 8.04. The number of para-hydroxylation sites is 1. The lowest BCUT2D eigenvalue weighted by atomic mass is 9.89. The van der Waals surface area contributed by atoms with Gasteiger partial charge in [-0.1, -0.05) is 25.1 Å². The first kappa shape index (κ1) is 18.3. The van der Waals surface area contributed by atoms with E-state index in [1.165, 1.54) is 5.69 Å². The summed E-state index contributed by atoms with van der Waals surface area (Å²) in [6.07, 6.45) is 0. The Bertz CT molecular complexity index is 511. The number of halogens is 1. The molecule has 2 aliphatic heterocycles. The van der Waals surface area contributed by atoms with Crippen LogP contribution < -0.4 is 10.2 Å². The number of anilines is 1. The van der Waals surface area contributed by atoms with E-state index in [4.69, 9.17) is 4.74 Å². The highest BCUT2D eigenvalue weighted by molar-refractivity contribution is 14.0. The van der Waals surface area contributed by atoms with Crippen LogP contribution in [-0.2, 0) is 4.74 Å². The van der Waals surface area contributed by atoms with Crippen molar-refractivity contribution in [3.63, 3.8) is 0 Å². The third-order valence-corrected chi connectivity index (χ3v) is 4.49. The number of benzene rings is 1. The topological polar surface area (TPSA) is 40.1 Å². The van der Waals surface area contributed by atoms with Gasteiger partial charge in [0.1, 0.15) is 0 Å². The van der Waals surface area contributed by atoms with Crippen LogP contribution in [0.2, 0.25) is 0 Å². The summed E-state index contributed by atoms with van der Waals surface area (Å²) < 4.78 is 5.31. The van der Waals surface area contributed by atoms with Gasteiger partial charge in [-0.2, -0.15) is 0 Å². The second kappa shape index (κ2) is 8.19. The molecule has 1 aromatic rings. The minimum Gasteiger partial charge on any atom is -0.380 e.